The molecule has 11 aromatic rings. The van der Waals surface area contributed by atoms with Crippen molar-refractivity contribution in [2.24, 2.45) is 0 Å². The smallest absolute Gasteiger partial charge is 0.0468 e. The molecule has 0 N–H and O–H groups in total. The lowest BCUT2D eigenvalue weighted by Crippen LogP contribution is -2.10. The van der Waals surface area contributed by atoms with Crippen LogP contribution in [0, 0.1) is 0 Å². The molecular formula is C58H39NS. The Morgan fingerprint density at radius 2 is 0.767 bits per heavy atom. The topological polar surface area (TPSA) is 3.24 Å². The van der Waals surface area contributed by atoms with Crippen molar-refractivity contribution in [2.75, 3.05) is 4.90 Å². The summed E-state index contributed by atoms with van der Waals surface area (Å²) in [4.78, 5) is 2.40. The van der Waals surface area contributed by atoms with E-state index in [1.54, 1.807) is 0 Å². The monoisotopic (exact) mass is 781 g/mol. The van der Waals surface area contributed by atoms with Gasteiger partial charge < -0.3 is 4.90 Å². The van der Waals surface area contributed by atoms with Crippen molar-refractivity contribution in [3.63, 3.8) is 0 Å². The van der Waals surface area contributed by atoms with Crippen LogP contribution in [0.4, 0.5) is 17.1 Å². The molecule has 0 amide bonds. The summed E-state index contributed by atoms with van der Waals surface area (Å²) in [6.45, 7) is 0. The standard InChI is InChI=1S/C58H39NS/c1-2-13-44(14-3-1)53-20-6-7-21-54(53)49-18-11-19-51(38-49)59(52-34-35-58-56(39-52)55-22-8-9-23-57(55)60-58)50-32-30-42(31-33-50)41-24-26-43(27-25-41)46-16-10-17-47(36-46)48-29-28-40-12-4-5-15-45(40)37-48/h1-39H. The molecule has 11 rings (SSSR count). The largest absolute Gasteiger partial charge is 0.310 e. The molecule has 0 bridgehead atoms. The van der Waals surface area contributed by atoms with E-state index >= 15 is 0 Å². The zero-order valence-electron chi connectivity index (χ0n) is 32.9. The van der Waals surface area contributed by atoms with Crippen LogP contribution in [0.5, 0.6) is 0 Å². The van der Waals surface area contributed by atoms with E-state index in [1.165, 1.54) is 86.6 Å². The summed E-state index contributed by atoms with van der Waals surface area (Å²) in [6.07, 6.45) is 0. The van der Waals surface area contributed by atoms with Crippen molar-refractivity contribution in [3.8, 4) is 55.6 Å². The maximum absolute atomic E-state index is 2.40. The first-order valence-corrected chi connectivity index (χ1v) is 21.3. The average molecular weight is 782 g/mol. The number of nitrogens with zero attached hydrogens (tertiary/aromatic N) is 1. The molecule has 60 heavy (non-hydrogen) atoms. The molecule has 1 aromatic heterocycles. The fourth-order valence-corrected chi connectivity index (χ4v) is 9.71. The van der Waals surface area contributed by atoms with Gasteiger partial charge in [-0.1, -0.05) is 176 Å². The Labute approximate surface area is 354 Å². The summed E-state index contributed by atoms with van der Waals surface area (Å²) >= 11 is 1.85. The van der Waals surface area contributed by atoms with E-state index in [1.807, 2.05) is 11.3 Å². The molecule has 0 radical (unpaired) electrons. The van der Waals surface area contributed by atoms with E-state index in [2.05, 4.69) is 241 Å². The minimum Gasteiger partial charge on any atom is -0.310 e. The summed E-state index contributed by atoms with van der Waals surface area (Å²) in [5, 5.41) is 5.10. The van der Waals surface area contributed by atoms with E-state index in [-0.39, 0.29) is 0 Å². The van der Waals surface area contributed by atoms with Gasteiger partial charge in [0, 0.05) is 37.2 Å². The molecule has 0 unspecified atom stereocenters. The van der Waals surface area contributed by atoms with E-state index < -0.39 is 0 Å². The second-order valence-corrected chi connectivity index (χ2v) is 16.4. The number of rotatable bonds is 8. The van der Waals surface area contributed by atoms with E-state index in [9.17, 15) is 0 Å². The van der Waals surface area contributed by atoms with Crippen LogP contribution in [0.15, 0.2) is 237 Å². The zero-order valence-corrected chi connectivity index (χ0v) is 33.7. The molecule has 1 heterocycles. The second kappa shape index (κ2) is 15.3. The quantitative estimate of drug-likeness (QED) is 0.148. The zero-order chi connectivity index (χ0) is 39.8. The average Bonchev–Trinajstić information content (AvgIpc) is 3.70. The lowest BCUT2D eigenvalue weighted by atomic mass is 9.94. The lowest BCUT2D eigenvalue weighted by molar-refractivity contribution is 1.29. The lowest BCUT2D eigenvalue weighted by Gasteiger charge is -2.26. The van der Waals surface area contributed by atoms with Gasteiger partial charge in [0.2, 0.25) is 0 Å². The van der Waals surface area contributed by atoms with Crippen molar-refractivity contribution < 1.29 is 0 Å². The van der Waals surface area contributed by atoms with Crippen LogP contribution in [0.1, 0.15) is 0 Å². The second-order valence-electron chi connectivity index (χ2n) is 15.3. The maximum atomic E-state index is 2.40. The summed E-state index contributed by atoms with van der Waals surface area (Å²) in [5.41, 5.74) is 15.4. The van der Waals surface area contributed by atoms with Gasteiger partial charge in [-0.3, -0.25) is 0 Å². The van der Waals surface area contributed by atoms with Crippen LogP contribution in [-0.4, -0.2) is 0 Å². The summed E-state index contributed by atoms with van der Waals surface area (Å²) < 4.78 is 2.60. The predicted octanol–water partition coefficient (Wildman–Crippen LogP) is 17.0. The molecule has 0 fully saturated rings. The Bertz CT molecular complexity index is 3310. The van der Waals surface area contributed by atoms with E-state index in [4.69, 9.17) is 0 Å². The van der Waals surface area contributed by atoms with Gasteiger partial charge >= 0.3 is 0 Å². The molecule has 282 valence electrons. The number of hydrogen-bond donors (Lipinski definition) is 0. The third-order valence-corrected chi connectivity index (χ3v) is 12.8. The first-order chi connectivity index (χ1) is 29.7. The van der Waals surface area contributed by atoms with Crippen molar-refractivity contribution in [2.45, 2.75) is 0 Å². The van der Waals surface area contributed by atoms with Crippen LogP contribution < -0.4 is 4.90 Å². The van der Waals surface area contributed by atoms with Crippen LogP contribution in [0.3, 0.4) is 0 Å². The number of benzene rings is 10. The van der Waals surface area contributed by atoms with Crippen molar-refractivity contribution in [1.82, 2.24) is 0 Å². The Kier molecular flexibility index (Phi) is 9.11. The summed E-state index contributed by atoms with van der Waals surface area (Å²) in [6, 6.07) is 86.1. The first-order valence-electron chi connectivity index (χ1n) is 20.5. The predicted molar refractivity (Wildman–Crippen MR) is 259 cm³/mol. The highest BCUT2D eigenvalue weighted by atomic mass is 32.1. The molecule has 0 spiro atoms. The molecular weight excluding hydrogens is 743 g/mol. The number of thiophene rings is 1. The van der Waals surface area contributed by atoms with Gasteiger partial charge in [0.1, 0.15) is 0 Å². The van der Waals surface area contributed by atoms with Crippen molar-refractivity contribution in [1.29, 1.82) is 0 Å². The summed E-state index contributed by atoms with van der Waals surface area (Å²) in [7, 11) is 0. The van der Waals surface area contributed by atoms with Gasteiger partial charge in [0.05, 0.1) is 0 Å². The van der Waals surface area contributed by atoms with Crippen molar-refractivity contribution >= 4 is 59.3 Å². The fraction of sp³-hybridized carbons (Fsp3) is 0. The normalized spacial score (nSPS) is 11.3. The molecule has 0 aliphatic rings. The molecule has 0 aliphatic carbocycles. The van der Waals surface area contributed by atoms with Gasteiger partial charge in [-0.15, -0.1) is 11.3 Å². The van der Waals surface area contributed by atoms with Crippen molar-refractivity contribution in [3.05, 3.63) is 237 Å². The molecule has 10 aromatic carbocycles. The molecule has 0 saturated carbocycles. The van der Waals surface area contributed by atoms with Crippen LogP contribution >= 0.6 is 11.3 Å². The first kappa shape index (κ1) is 35.6. The van der Waals surface area contributed by atoms with Gasteiger partial charge in [0.15, 0.2) is 0 Å². The molecule has 0 saturated heterocycles. The minimum atomic E-state index is 1.10. The third kappa shape index (κ3) is 6.73. The molecule has 0 atom stereocenters. The molecule has 0 aliphatic heterocycles. The summed E-state index contributed by atoms with van der Waals surface area (Å²) in [5.74, 6) is 0. The SMILES string of the molecule is c1ccc(-c2ccccc2-c2cccc(N(c3ccc(-c4ccc(-c5cccc(-c6ccc7ccccc7c6)c5)cc4)cc3)c3ccc4sc5ccccc5c4c3)c2)cc1. The highest BCUT2D eigenvalue weighted by molar-refractivity contribution is 7.25. The Hall–Kier alpha value is -7.52. The fourth-order valence-electron chi connectivity index (χ4n) is 8.62. The van der Waals surface area contributed by atoms with Crippen LogP contribution in [0.2, 0.25) is 0 Å². The highest BCUT2D eigenvalue weighted by Gasteiger charge is 2.17. The van der Waals surface area contributed by atoms with Crippen LogP contribution in [-0.2, 0) is 0 Å². The number of fused-ring (bicyclic) bond motifs is 4. The highest BCUT2D eigenvalue weighted by Crippen LogP contribution is 2.43. The van der Waals surface area contributed by atoms with E-state index in [0.717, 1.165) is 17.1 Å². The minimum absolute atomic E-state index is 1.10. The Morgan fingerprint density at radius 1 is 0.250 bits per heavy atom. The Balaban J connectivity index is 0.945. The van der Waals surface area contributed by atoms with E-state index in [0.29, 0.717) is 0 Å². The van der Waals surface area contributed by atoms with Gasteiger partial charge in [-0.25, -0.2) is 0 Å². The number of hydrogen-bond acceptors (Lipinski definition) is 2. The third-order valence-electron chi connectivity index (χ3n) is 11.7. The molecule has 2 heteroatoms. The van der Waals surface area contributed by atoms with Crippen LogP contribution in [0.25, 0.3) is 86.6 Å². The van der Waals surface area contributed by atoms with Gasteiger partial charge in [-0.2, -0.15) is 0 Å². The Morgan fingerprint density at radius 3 is 1.57 bits per heavy atom. The van der Waals surface area contributed by atoms with Gasteiger partial charge in [-0.05, 0) is 127 Å². The maximum Gasteiger partial charge on any atom is 0.0468 e. The number of anilines is 3. The van der Waals surface area contributed by atoms with Gasteiger partial charge in [0.25, 0.3) is 0 Å². The molecule has 1 nitrogen and oxygen atoms in total.